The van der Waals surface area contributed by atoms with Crippen LogP contribution >= 0.6 is 11.8 Å². The maximum atomic E-state index is 13.0. The molecule has 0 bridgehead atoms. The number of rotatable bonds is 12. The van der Waals surface area contributed by atoms with Crippen LogP contribution in [0, 0.1) is 10.1 Å². The zero-order valence-corrected chi connectivity index (χ0v) is 22.0. The van der Waals surface area contributed by atoms with E-state index in [4.69, 9.17) is 4.74 Å². The van der Waals surface area contributed by atoms with Crippen molar-refractivity contribution in [1.82, 2.24) is 20.1 Å². The summed E-state index contributed by atoms with van der Waals surface area (Å²) in [5.41, 5.74) is 3.03. The molecule has 10 nitrogen and oxygen atoms in total. The molecule has 1 N–H and O–H groups in total. The summed E-state index contributed by atoms with van der Waals surface area (Å²) in [6.45, 7) is 1.50. The lowest BCUT2D eigenvalue weighted by Crippen LogP contribution is -2.46. The molecule has 1 amide bonds. The van der Waals surface area contributed by atoms with Crippen LogP contribution in [0.5, 0.6) is 0 Å². The normalized spacial score (nSPS) is 11.9. The number of hydrogen-bond donors (Lipinski definition) is 1. The van der Waals surface area contributed by atoms with Crippen LogP contribution in [0.1, 0.15) is 23.6 Å². The monoisotopic (exact) mass is 545 g/mol. The average molecular weight is 546 g/mol. The third-order valence-corrected chi connectivity index (χ3v) is 7.55. The number of nitrogens with zero attached hydrogens (tertiary/aromatic N) is 4. The summed E-state index contributed by atoms with van der Waals surface area (Å²) in [7, 11) is 0. The Morgan fingerprint density at radius 2 is 1.49 bits per heavy atom. The summed E-state index contributed by atoms with van der Waals surface area (Å²) in [6, 6.07) is 28.9. The summed E-state index contributed by atoms with van der Waals surface area (Å²) >= 11 is 1.51. The van der Waals surface area contributed by atoms with E-state index in [1.54, 1.807) is 6.92 Å². The van der Waals surface area contributed by atoms with Crippen molar-refractivity contribution in [2.45, 2.75) is 24.3 Å². The largest absolute Gasteiger partial charge is 0.490 e. The van der Waals surface area contributed by atoms with E-state index < -0.39 is 33.5 Å². The summed E-state index contributed by atoms with van der Waals surface area (Å²) in [5, 5.41) is 17.3. The van der Waals surface area contributed by atoms with E-state index >= 15 is 0 Å². The van der Waals surface area contributed by atoms with E-state index in [0.29, 0.717) is 0 Å². The molecule has 0 spiro atoms. The van der Waals surface area contributed by atoms with Crippen LogP contribution in [-0.2, 0) is 25.6 Å². The summed E-state index contributed by atoms with van der Waals surface area (Å²) in [4.78, 5) is 39.5. The van der Waals surface area contributed by atoms with Gasteiger partial charge < -0.3 is 20.2 Å². The first-order chi connectivity index (χ1) is 18.9. The molecule has 0 radical (unpaired) electrons. The molecule has 0 aliphatic carbocycles. The predicted octanol–water partition coefficient (Wildman–Crippen LogP) is 3.96. The minimum atomic E-state index is -0.989. The second-order valence-electron chi connectivity index (χ2n) is 8.46. The fraction of sp³-hybridized carbons (Fsp3) is 0.214. The molecule has 200 valence electrons. The topological polar surface area (TPSA) is 129 Å². The van der Waals surface area contributed by atoms with E-state index in [2.05, 4.69) is 15.4 Å². The van der Waals surface area contributed by atoms with Crippen molar-refractivity contribution in [1.29, 1.82) is 0 Å². The number of ether oxygens (including phenoxy) is 1. The summed E-state index contributed by atoms with van der Waals surface area (Å²) in [5.74, 6) is -1.57. The van der Waals surface area contributed by atoms with Crippen LogP contribution in [-0.4, -0.2) is 50.0 Å². The van der Waals surface area contributed by atoms with Gasteiger partial charge in [-0.1, -0.05) is 96.0 Å². The fourth-order valence-corrected chi connectivity index (χ4v) is 5.76. The second kappa shape index (κ2) is 12.8. The molecule has 0 saturated carbocycles. The van der Waals surface area contributed by atoms with Gasteiger partial charge in [0.1, 0.15) is 12.6 Å². The van der Waals surface area contributed by atoms with E-state index in [0.717, 1.165) is 27.7 Å². The Bertz CT molecular complexity index is 1300. The SMILES string of the molecule is CCOC(=O)C(CSC(c1ccccc1)(c1ccccc1)c1ccccc1)NC(=O)Cn1cnc([N+](=O)[O-])n1. The minimum absolute atomic E-state index is 0.145. The number of thioether (sulfide) groups is 1. The molecule has 0 aliphatic rings. The van der Waals surface area contributed by atoms with Crippen molar-refractivity contribution in [2.75, 3.05) is 12.4 Å². The molecule has 1 aromatic heterocycles. The second-order valence-corrected chi connectivity index (χ2v) is 9.70. The van der Waals surface area contributed by atoms with Crippen LogP contribution < -0.4 is 5.32 Å². The zero-order chi connectivity index (χ0) is 27.7. The number of esters is 1. The van der Waals surface area contributed by atoms with Gasteiger partial charge in [0, 0.05) is 10.9 Å². The quantitative estimate of drug-likeness (QED) is 0.123. The third-order valence-electron chi connectivity index (χ3n) is 5.91. The van der Waals surface area contributed by atoms with Gasteiger partial charge in [0.25, 0.3) is 0 Å². The predicted molar refractivity (Wildman–Crippen MR) is 147 cm³/mol. The average Bonchev–Trinajstić information content (AvgIpc) is 3.43. The summed E-state index contributed by atoms with van der Waals surface area (Å²) in [6.07, 6.45) is 1.09. The molecule has 0 fully saturated rings. The lowest BCUT2D eigenvalue weighted by molar-refractivity contribution is -0.394. The molecule has 3 aromatic carbocycles. The Morgan fingerprint density at radius 3 is 1.92 bits per heavy atom. The minimum Gasteiger partial charge on any atom is -0.464 e. The van der Waals surface area contributed by atoms with E-state index in [1.165, 1.54) is 11.8 Å². The van der Waals surface area contributed by atoms with Gasteiger partial charge in [0.05, 0.1) is 11.4 Å². The smallest absolute Gasteiger partial charge is 0.464 e. The fourth-order valence-electron chi connectivity index (χ4n) is 4.22. The molecule has 4 aromatic rings. The number of carbonyl (C=O) groups excluding carboxylic acids is 2. The lowest BCUT2D eigenvalue weighted by Gasteiger charge is -2.36. The number of carbonyl (C=O) groups is 2. The standard InChI is InChI=1S/C28H27N5O5S/c1-2-38-26(35)24(30-25(34)18-32-20-29-27(31-32)33(36)37)19-39-28(21-12-6-3-7-13-21,22-14-8-4-9-15-22)23-16-10-5-11-17-23/h3-17,20,24H,2,18-19H2,1H3,(H,30,34). The van der Waals surface area contributed by atoms with Gasteiger partial charge in [0.15, 0.2) is 0 Å². The van der Waals surface area contributed by atoms with Crippen LogP contribution in [0.4, 0.5) is 5.95 Å². The molecular formula is C28H27N5O5S. The zero-order valence-electron chi connectivity index (χ0n) is 21.2. The molecule has 11 heteroatoms. The third kappa shape index (κ3) is 6.50. The first-order valence-electron chi connectivity index (χ1n) is 12.2. The van der Waals surface area contributed by atoms with Crippen molar-refractivity contribution in [3.63, 3.8) is 0 Å². The number of amides is 1. The van der Waals surface area contributed by atoms with Gasteiger partial charge in [-0.25, -0.2) is 4.79 Å². The van der Waals surface area contributed by atoms with Gasteiger partial charge >= 0.3 is 11.9 Å². The van der Waals surface area contributed by atoms with Gasteiger partial charge in [-0.3, -0.25) is 4.79 Å². The molecule has 4 rings (SSSR count). The highest BCUT2D eigenvalue weighted by atomic mass is 32.2. The molecule has 1 heterocycles. The van der Waals surface area contributed by atoms with Crippen molar-refractivity contribution < 1.29 is 19.2 Å². The molecule has 1 unspecified atom stereocenters. The first-order valence-corrected chi connectivity index (χ1v) is 13.2. The van der Waals surface area contributed by atoms with Gasteiger partial charge in [0.2, 0.25) is 12.2 Å². The van der Waals surface area contributed by atoms with Crippen molar-refractivity contribution in [3.8, 4) is 0 Å². The van der Waals surface area contributed by atoms with Crippen LogP contribution in [0.15, 0.2) is 97.3 Å². The number of aromatic nitrogens is 3. The number of benzene rings is 3. The first kappa shape index (κ1) is 27.5. The lowest BCUT2D eigenvalue weighted by atomic mass is 9.84. The Morgan fingerprint density at radius 1 is 0.974 bits per heavy atom. The van der Waals surface area contributed by atoms with Crippen molar-refractivity contribution in [2.24, 2.45) is 0 Å². The maximum Gasteiger partial charge on any atom is 0.490 e. The molecule has 0 saturated heterocycles. The van der Waals surface area contributed by atoms with E-state index in [-0.39, 0.29) is 18.9 Å². The summed E-state index contributed by atoms with van der Waals surface area (Å²) < 4.78 is 5.63. The van der Waals surface area contributed by atoms with Gasteiger partial charge in [-0.2, -0.15) is 4.68 Å². The molecular weight excluding hydrogens is 518 g/mol. The van der Waals surface area contributed by atoms with Crippen LogP contribution in [0.2, 0.25) is 0 Å². The van der Waals surface area contributed by atoms with Gasteiger partial charge in [-0.05, 0) is 28.5 Å². The van der Waals surface area contributed by atoms with E-state index in [1.807, 2.05) is 91.0 Å². The highest BCUT2D eigenvalue weighted by Gasteiger charge is 2.38. The number of nitro groups is 1. The van der Waals surface area contributed by atoms with Gasteiger partial charge in [-0.15, -0.1) is 11.8 Å². The van der Waals surface area contributed by atoms with Crippen molar-refractivity contribution in [3.05, 3.63) is 124 Å². The van der Waals surface area contributed by atoms with Crippen molar-refractivity contribution >= 4 is 29.6 Å². The highest BCUT2D eigenvalue weighted by molar-refractivity contribution is 8.00. The number of hydrogen-bond acceptors (Lipinski definition) is 8. The molecule has 39 heavy (non-hydrogen) atoms. The Kier molecular flexibility index (Phi) is 9.06. The van der Waals surface area contributed by atoms with Crippen LogP contribution in [0.3, 0.4) is 0 Å². The highest BCUT2D eigenvalue weighted by Crippen LogP contribution is 2.48. The Balaban J connectivity index is 1.67. The van der Waals surface area contributed by atoms with E-state index in [9.17, 15) is 19.7 Å². The Labute approximate surface area is 229 Å². The van der Waals surface area contributed by atoms with Crippen LogP contribution in [0.25, 0.3) is 0 Å². The molecule has 1 atom stereocenters. The number of nitrogens with one attached hydrogen (secondary N) is 1. The molecule has 0 aliphatic heterocycles. The Hall–Kier alpha value is -4.51. The maximum absolute atomic E-state index is 13.0.